The monoisotopic (exact) mass is 1400 g/mol. The molecule has 0 bridgehead atoms. The van der Waals surface area contributed by atoms with E-state index in [-0.39, 0.29) is 12.5 Å². The molecule has 6 aromatic carbocycles. The van der Waals surface area contributed by atoms with Crippen LogP contribution in [0.3, 0.4) is 0 Å². The maximum atomic E-state index is 13.6. The van der Waals surface area contributed by atoms with E-state index in [0.717, 1.165) is 65.3 Å². The van der Waals surface area contributed by atoms with Gasteiger partial charge in [0.1, 0.15) is 30.0 Å². The fourth-order valence-electron chi connectivity index (χ4n) is 16.1. The van der Waals surface area contributed by atoms with Crippen LogP contribution in [0, 0.1) is 41.5 Å². The molecule has 15 heteroatoms. The molecule has 3 aliphatic heterocycles. The minimum atomic E-state index is -1.69. The van der Waals surface area contributed by atoms with Crippen molar-refractivity contribution in [2.75, 3.05) is 56.7 Å². The van der Waals surface area contributed by atoms with Crippen LogP contribution >= 0.6 is 26.3 Å². The van der Waals surface area contributed by atoms with Gasteiger partial charge < -0.3 is 39.5 Å². The van der Waals surface area contributed by atoms with Crippen molar-refractivity contribution in [1.82, 2.24) is 20.9 Å². The molecule has 5 fully saturated rings. The van der Waals surface area contributed by atoms with Gasteiger partial charge in [0.25, 0.3) is 0 Å². The molecule has 0 radical (unpaired) electrons. The van der Waals surface area contributed by atoms with E-state index in [1.807, 2.05) is 119 Å². The molecule has 93 heavy (non-hydrogen) atoms. The molecular formula is C78H99Cl2N6O5PRu. The number of hydrogen-bond donors (Lipinski definition) is 3. The molecule has 11 nitrogen and oxygen atoms in total. The van der Waals surface area contributed by atoms with Crippen molar-refractivity contribution in [3.8, 4) is 11.5 Å². The summed E-state index contributed by atoms with van der Waals surface area (Å²) in [5, 5.41) is 11.2. The summed E-state index contributed by atoms with van der Waals surface area (Å²) in [7, 11) is 14.5. The van der Waals surface area contributed by atoms with Crippen molar-refractivity contribution in [2.24, 2.45) is 0 Å². The number of methoxy groups -OCH3 is 2. The van der Waals surface area contributed by atoms with Crippen molar-refractivity contribution in [2.45, 2.75) is 174 Å². The zero-order valence-corrected chi connectivity index (χ0v) is 60.3. The zero-order valence-electron chi connectivity index (χ0n) is 56.2. The summed E-state index contributed by atoms with van der Waals surface area (Å²) < 4.78 is 18.1. The second-order valence-electron chi connectivity index (χ2n) is 26.2. The number of anilines is 2. The molecule has 3 saturated carbocycles. The average Bonchev–Trinajstić information content (AvgIpc) is 1.72. The molecule has 498 valence electrons. The van der Waals surface area contributed by atoms with Crippen LogP contribution in [0.4, 0.5) is 16.2 Å². The molecule has 6 aromatic rings. The van der Waals surface area contributed by atoms with E-state index in [1.165, 1.54) is 140 Å². The minimum absolute atomic E-state index is 0.130. The van der Waals surface area contributed by atoms with Gasteiger partial charge in [0, 0.05) is 67.9 Å². The molecule has 3 aliphatic carbocycles. The van der Waals surface area contributed by atoms with E-state index in [4.69, 9.17) is 33.6 Å². The molecule has 2 unspecified atom stereocenters. The predicted octanol–water partition coefficient (Wildman–Crippen LogP) is 17.6. The van der Waals surface area contributed by atoms with Gasteiger partial charge in [-0.05, 0) is 161 Å². The molecule has 2 atom stereocenters. The third-order valence-electron chi connectivity index (χ3n) is 19.8. The number of alkyl carbamates (subject to hydrolysis) is 1. The number of rotatable bonds is 14. The van der Waals surface area contributed by atoms with Crippen molar-refractivity contribution < 1.29 is 37.3 Å². The average molecular weight is 1400 g/mol. The summed E-state index contributed by atoms with van der Waals surface area (Å²) >= 11 is -1.61. The number of amides is 2. The summed E-state index contributed by atoms with van der Waals surface area (Å²) in [6, 6.07) is 43.7. The van der Waals surface area contributed by atoms with Crippen LogP contribution in [0.2, 0.25) is 0 Å². The number of allylic oxidation sites excluding steroid dienone is 1. The van der Waals surface area contributed by atoms with Crippen LogP contribution < -0.4 is 35.2 Å². The van der Waals surface area contributed by atoms with Crippen LogP contribution in [0.15, 0.2) is 151 Å². The standard InChI is InChI=1S/C42H63N4P.C29H30N2O5.C7H6.2ClH.Ru/c1-29-25-31(3)39(32(4)26-29)45-23-21-43-41(45)37-19-13-14-20-38(37)47(35-15-9-7-10-16-35,36-17-11-8-12-18-36)42-44-22-24-46(42)40-33(5)27-30(2)28-34(40)6;1-34-25-15-13-24(27(17-25)35-2)19-31-18-23(22-11-7-4-8-12-22)14-16-26(28(31)32)30-29(33)36-20-21-9-5-3-6-10-21;1-7-5-3-2-4-6-7;;;/h25-28,35-36,38,43-44H,7-24H2,1-6H3;3-15,17,26H,16,18-20H2,1-2H3,(H,30,33);1-6H;2*1H;/q;;;;;+2/p-2. The molecule has 6 aliphatic rings. The molecule has 3 heterocycles. The number of nitrogens with one attached hydrogen (secondary N) is 3. The number of carbonyl (C=O) groups excluding carboxylic acids is 2. The Bertz CT molecular complexity index is 3610. The first-order valence-electron chi connectivity index (χ1n) is 33.9. The van der Waals surface area contributed by atoms with Gasteiger partial charge in [0.15, 0.2) is 0 Å². The van der Waals surface area contributed by atoms with E-state index < -0.39 is 32.5 Å². The molecule has 2 saturated heterocycles. The van der Waals surface area contributed by atoms with Gasteiger partial charge in [-0.25, -0.2) is 4.79 Å². The van der Waals surface area contributed by atoms with Crippen LogP contribution in [-0.4, -0.2) is 97.0 Å². The third-order valence-corrected chi connectivity index (χ3v) is 27.8. The summed E-state index contributed by atoms with van der Waals surface area (Å²) in [5.41, 5.74) is 22.4. The van der Waals surface area contributed by atoms with E-state index in [9.17, 15) is 9.59 Å². The Morgan fingerprint density at radius 3 is 1.81 bits per heavy atom. The van der Waals surface area contributed by atoms with Gasteiger partial charge in [-0.3, -0.25) is 10.1 Å². The van der Waals surface area contributed by atoms with Crippen molar-refractivity contribution >= 4 is 65.4 Å². The molecule has 0 spiro atoms. The third kappa shape index (κ3) is 17.1. The Morgan fingerprint density at radius 1 is 0.656 bits per heavy atom. The van der Waals surface area contributed by atoms with Gasteiger partial charge in [-0.1, -0.05) is 154 Å². The topological polar surface area (TPSA) is 108 Å². The quantitative estimate of drug-likeness (QED) is 0.0726. The van der Waals surface area contributed by atoms with Crippen LogP contribution in [0.5, 0.6) is 11.5 Å². The summed E-state index contributed by atoms with van der Waals surface area (Å²) in [6.07, 6.45) is 21.5. The van der Waals surface area contributed by atoms with E-state index in [2.05, 4.69) is 91.6 Å². The summed E-state index contributed by atoms with van der Waals surface area (Å²) in [5.74, 6) is 2.62. The number of halogens is 2. The Balaban J connectivity index is 0.000000181. The molecule has 0 aromatic heterocycles. The zero-order chi connectivity index (χ0) is 65.4. The Kier molecular flexibility index (Phi) is 25.1. The normalized spacial score (nSPS) is 19.9. The van der Waals surface area contributed by atoms with Crippen molar-refractivity contribution in [3.05, 3.63) is 207 Å². The number of nitrogens with zero attached hydrogens (tertiary/aromatic N) is 3. The van der Waals surface area contributed by atoms with Gasteiger partial charge in [0.05, 0.1) is 19.8 Å². The predicted molar refractivity (Wildman–Crippen MR) is 388 cm³/mol. The summed E-state index contributed by atoms with van der Waals surface area (Å²) in [6.45, 7) is 17.5. The van der Waals surface area contributed by atoms with Crippen molar-refractivity contribution in [1.29, 1.82) is 0 Å². The molecule has 2 amide bonds. The van der Waals surface area contributed by atoms with E-state index in [0.29, 0.717) is 36.7 Å². The number of carbonyl (C=O) groups is 2. The first-order valence-corrected chi connectivity index (χ1v) is 41.4. The van der Waals surface area contributed by atoms with Crippen molar-refractivity contribution in [3.63, 3.8) is 0 Å². The van der Waals surface area contributed by atoms with Gasteiger partial charge >= 0.3 is 79.5 Å². The van der Waals surface area contributed by atoms with Crippen LogP contribution in [0.25, 0.3) is 5.57 Å². The first-order chi connectivity index (χ1) is 45.2. The number of aryl methyl sites for hydroxylation is 6. The molecular weight excluding hydrogens is 1300 g/mol. The van der Waals surface area contributed by atoms with E-state index >= 15 is 0 Å². The first kappa shape index (κ1) is 69.7. The molecule has 3 N–H and O–H groups in total. The van der Waals surface area contributed by atoms with Gasteiger partial charge in [0.2, 0.25) is 5.91 Å². The number of ether oxygens (including phenoxy) is 3. The Morgan fingerprint density at radius 2 is 1.22 bits per heavy atom. The number of benzene rings is 6. The SMILES string of the molecule is COc1ccc(CN2CC(c3ccccc3)=CCC(NC(=O)OCc3ccccc3)C2=O)c(OC)c1.Cc1cc(C)c(N2CCNC2=C2CCCCC2P(=C2NCCN2c2c(C)cc(C)cc2C)(C2CCCCC2)C2CCCCC2)c(C)c1.[Cl][Ru]([Cl])=[CH]c1ccccc1. The van der Waals surface area contributed by atoms with Crippen LogP contribution in [-0.2, 0) is 36.2 Å². The second-order valence-corrected chi connectivity index (χ2v) is 36.1. The second kappa shape index (κ2) is 33.5. The fourth-order valence-corrected chi connectivity index (χ4v) is 25.3. The van der Waals surface area contributed by atoms with E-state index in [1.54, 1.807) is 30.7 Å². The van der Waals surface area contributed by atoms with Gasteiger partial charge in [-0.15, -0.1) is 0 Å². The van der Waals surface area contributed by atoms with Crippen LogP contribution in [0.1, 0.15) is 152 Å². The van der Waals surface area contributed by atoms with Gasteiger partial charge in [-0.2, -0.15) is 0 Å². The number of hydrogen-bond acceptors (Lipinski definition) is 7. The Labute approximate surface area is 568 Å². The summed E-state index contributed by atoms with van der Waals surface area (Å²) in [4.78, 5) is 33.6. The Hall–Kier alpha value is -6.13. The maximum absolute atomic E-state index is 13.6. The fraction of sp³-hybridized carbons (Fsp3) is 0.436. The molecule has 12 rings (SSSR count).